The van der Waals surface area contributed by atoms with Crippen molar-refractivity contribution in [3.05, 3.63) is 72.8 Å². The van der Waals surface area contributed by atoms with Gasteiger partial charge in [-0.3, -0.25) is 4.79 Å². The lowest BCUT2D eigenvalue weighted by atomic mass is 10.1. The molecular weight excluding hydrogens is 354 g/mol. The summed E-state index contributed by atoms with van der Waals surface area (Å²) in [6.07, 6.45) is 0.212. The van der Waals surface area contributed by atoms with Gasteiger partial charge in [-0.25, -0.2) is 0 Å². The number of methoxy groups -OCH3 is 2. The van der Waals surface area contributed by atoms with E-state index in [0.29, 0.717) is 17.2 Å². The van der Waals surface area contributed by atoms with Crippen molar-refractivity contribution in [2.24, 2.45) is 0 Å². The molecule has 0 unspecified atom stereocenters. The van der Waals surface area contributed by atoms with Gasteiger partial charge in [0.15, 0.2) is 0 Å². The molecule has 5 heteroatoms. The fraction of sp³-hybridized carbons (Fsp3) is 0.174. The molecular formula is C23H23NO4. The van der Waals surface area contributed by atoms with Crippen LogP contribution in [0.1, 0.15) is 6.42 Å². The second-order valence-corrected chi connectivity index (χ2v) is 6.08. The lowest BCUT2D eigenvalue weighted by Gasteiger charge is -2.13. The first kappa shape index (κ1) is 19.3. The van der Waals surface area contributed by atoms with Gasteiger partial charge in [0.25, 0.3) is 0 Å². The molecule has 0 aromatic heterocycles. The number of nitrogens with one attached hydrogen (secondary N) is 1. The highest BCUT2D eigenvalue weighted by Crippen LogP contribution is 2.30. The minimum absolute atomic E-state index is 0.163. The van der Waals surface area contributed by atoms with Crippen molar-refractivity contribution < 1.29 is 19.0 Å². The Kier molecular flexibility index (Phi) is 6.52. The van der Waals surface area contributed by atoms with Crippen LogP contribution in [-0.4, -0.2) is 26.7 Å². The molecule has 0 aliphatic heterocycles. The van der Waals surface area contributed by atoms with Crippen molar-refractivity contribution in [2.75, 3.05) is 26.1 Å². The number of para-hydroxylation sites is 1. The number of hydrogen-bond acceptors (Lipinski definition) is 4. The molecule has 0 fully saturated rings. The Morgan fingerprint density at radius 1 is 0.857 bits per heavy atom. The van der Waals surface area contributed by atoms with Crippen LogP contribution < -0.4 is 19.5 Å². The average molecular weight is 377 g/mol. The molecule has 3 aromatic rings. The first-order valence-electron chi connectivity index (χ1n) is 9.00. The highest BCUT2D eigenvalue weighted by Gasteiger charge is 2.10. The van der Waals surface area contributed by atoms with E-state index in [-0.39, 0.29) is 18.9 Å². The summed E-state index contributed by atoms with van der Waals surface area (Å²) in [4.78, 5) is 12.3. The van der Waals surface area contributed by atoms with E-state index < -0.39 is 0 Å². The average Bonchev–Trinajstić information content (AvgIpc) is 2.74. The zero-order valence-electron chi connectivity index (χ0n) is 16.0. The van der Waals surface area contributed by atoms with Crippen molar-refractivity contribution in [2.45, 2.75) is 6.42 Å². The maximum absolute atomic E-state index is 12.3. The van der Waals surface area contributed by atoms with Crippen LogP contribution in [0.25, 0.3) is 11.1 Å². The summed E-state index contributed by atoms with van der Waals surface area (Å²) in [7, 11) is 3.13. The largest absolute Gasteiger partial charge is 0.497 e. The summed E-state index contributed by atoms with van der Waals surface area (Å²) < 4.78 is 16.4. The summed E-state index contributed by atoms with van der Waals surface area (Å²) in [5, 5.41) is 2.84. The third kappa shape index (κ3) is 4.82. The molecule has 3 rings (SSSR count). The van der Waals surface area contributed by atoms with E-state index in [4.69, 9.17) is 14.2 Å². The fourth-order valence-corrected chi connectivity index (χ4v) is 2.83. The number of rotatable bonds is 8. The van der Waals surface area contributed by atoms with Gasteiger partial charge in [-0.05, 0) is 23.8 Å². The molecule has 1 N–H and O–H groups in total. The number of carbonyl (C=O) groups excluding carboxylic acids is 1. The maximum atomic E-state index is 12.3. The molecule has 5 nitrogen and oxygen atoms in total. The molecule has 0 heterocycles. The van der Waals surface area contributed by atoms with E-state index in [2.05, 4.69) is 5.32 Å². The molecule has 1 amide bonds. The molecule has 0 saturated carbocycles. The molecule has 0 spiro atoms. The first-order chi connectivity index (χ1) is 13.7. The number of amides is 1. The third-order valence-electron chi connectivity index (χ3n) is 4.24. The highest BCUT2D eigenvalue weighted by atomic mass is 16.5. The van der Waals surface area contributed by atoms with Gasteiger partial charge in [-0.15, -0.1) is 0 Å². The summed E-state index contributed by atoms with van der Waals surface area (Å²) in [6, 6.07) is 23.1. The lowest BCUT2D eigenvalue weighted by molar-refractivity contribution is -0.116. The van der Waals surface area contributed by atoms with E-state index in [1.54, 1.807) is 32.4 Å². The summed E-state index contributed by atoms with van der Waals surface area (Å²) in [5.41, 5.74) is 2.64. The van der Waals surface area contributed by atoms with Crippen molar-refractivity contribution >= 4 is 11.6 Å². The van der Waals surface area contributed by atoms with Crippen LogP contribution in [0.3, 0.4) is 0 Å². The topological polar surface area (TPSA) is 56.8 Å². The third-order valence-corrected chi connectivity index (χ3v) is 4.24. The van der Waals surface area contributed by atoms with Crippen LogP contribution in [0.5, 0.6) is 17.2 Å². The zero-order chi connectivity index (χ0) is 19.8. The van der Waals surface area contributed by atoms with E-state index in [0.717, 1.165) is 16.9 Å². The van der Waals surface area contributed by atoms with Gasteiger partial charge in [0.05, 0.1) is 32.9 Å². The van der Waals surface area contributed by atoms with Gasteiger partial charge in [0.1, 0.15) is 17.2 Å². The van der Waals surface area contributed by atoms with Gasteiger partial charge in [-0.1, -0.05) is 48.5 Å². The van der Waals surface area contributed by atoms with E-state index in [9.17, 15) is 4.79 Å². The molecule has 28 heavy (non-hydrogen) atoms. The van der Waals surface area contributed by atoms with Gasteiger partial charge in [0.2, 0.25) is 5.91 Å². The summed E-state index contributed by atoms with van der Waals surface area (Å²) in [5.74, 6) is 1.80. The van der Waals surface area contributed by atoms with E-state index in [1.807, 2.05) is 54.6 Å². The standard InChI is InChI=1S/C23H23NO4/c1-26-18-12-13-22(27-2)20(16-18)24-23(25)14-15-28-21-11-7-6-10-19(21)17-8-4-3-5-9-17/h3-13,16H,14-15H2,1-2H3,(H,24,25). The second kappa shape index (κ2) is 9.46. The number of carbonyl (C=O) groups is 1. The second-order valence-electron chi connectivity index (χ2n) is 6.08. The maximum Gasteiger partial charge on any atom is 0.227 e. The van der Waals surface area contributed by atoms with Crippen LogP contribution in [-0.2, 0) is 4.79 Å². The monoisotopic (exact) mass is 377 g/mol. The van der Waals surface area contributed by atoms with Crippen LogP contribution in [0.4, 0.5) is 5.69 Å². The number of ether oxygens (including phenoxy) is 3. The minimum atomic E-state index is -0.163. The Balaban J connectivity index is 1.61. The van der Waals surface area contributed by atoms with Gasteiger partial charge in [0, 0.05) is 11.6 Å². The number of benzene rings is 3. The summed E-state index contributed by atoms with van der Waals surface area (Å²) >= 11 is 0. The van der Waals surface area contributed by atoms with Crippen LogP contribution in [0.15, 0.2) is 72.8 Å². The normalized spacial score (nSPS) is 10.2. The number of anilines is 1. The van der Waals surface area contributed by atoms with Crippen LogP contribution >= 0.6 is 0 Å². The SMILES string of the molecule is COc1ccc(OC)c(NC(=O)CCOc2ccccc2-c2ccccc2)c1. The van der Waals surface area contributed by atoms with E-state index >= 15 is 0 Å². The molecule has 3 aromatic carbocycles. The van der Waals surface area contributed by atoms with Gasteiger partial charge >= 0.3 is 0 Å². The molecule has 0 aliphatic rings. The Hall–Kier alpha value is -3.47. The van der Waals surface area contributed by atoms with E-state index in [1.165, 1.54) is 0 Å². The Morgan fingerprint density at radius 3 is 2.36 bits per heavy atom. The molecule has 0 saturated heterocycles. The van der Waals surface area contributed by atoms with Crippen molar-refractivity contribution in [3.63, 3.8) is 0 Å². The predicted octanol–water partition coefficient (Wildman–Crippen LogP) is 4.78. The Labute approximate surface area is 164 Å². The zero-order valence-corrected chi connectivity index (χ0v) is 16.0. The first-order valence-corrected chi connectivity index (χ1v) is 9.00. The van der Waals surface area contributed by atoms with Gasteiger partial charge < -0.3 is 19.5 Å². The molecule has 0 radical (unpaired) electrons. The van der Waals surface area contributed by atoms with Crippen LogP contribution in [0, 0.1) is 0 Å². The molecule has 0 aliphatic carbocycles. The molecule has 0 bridgehead atoms. The smallest absolute Gasteiger partial charge is 0.227 e. The van der Waals surface area contributed by atoms with Crippen molar-refractivity contribution in [1.82, 2.24) is 0 Å². The van der Waals surface area contributed by atoms with Gasteiger partial charge in [-0.2, -0.15) is 0 Å². The highest BCUT2D eigenvalue weighted by molar-refractivity contribution is 5.92. The number of hydrogen-bond donors (Lipinski definition) is 1. The predicted molar refractivity (Wildman–Crippen MR) is 110 cm³/mol. The Bertz CT molecular complexity index is 925. The fourth-order valence-electron chi connectivity index (χ4n) is 2.83. The molecule has 0 atom stereocenters. The quantitative estimate of drug-likeness (QED) is 0.614. The summed E-state index contributed by atoms with van der Waals surface area (Å²) in [6.45, 7) is 0.266. The minimum Gasteiger partial charge on any atom is -0.497 e. The Morgan fingerprint density at radius 2 is 1.61 bits per heavy atom. The van der Waals surface area contributed by atoms with Crippen LogP contribution in [0.2, 0.25) is 0 Å². The van der Waals surface area contributed by atoms with Crippen molar-refractivity contribution in [1.29, 1.82) is 0 Å². The lowest BCUT2D eigenvalue weighted by Crippen LogP contribution is -2.16. The molecule has 144 valence electrons. The van der Waals surface area contributed by atoms with Crippen molar-refractivity contribution in [3.8, 4) is 28.4 Å².